The summed E-state index contributed by atoms with van der Waals surface area (Å²) in [4.78, 5) is 2.58. The van der Waals surface area contributed by atoms with Crippen LogP contribution in [0.25, 0.3) is 0 Å². The number of hydrogen-bond acceptors (Lipinski definition) is 2. The van der Waals surface area contributed by atoms with Gasteiger partial charge in [0.25, 0.3) is 0 Å². The van der Waals surface area contributed by atoms with Crippen LogP contribution in [0.1, 0.15) is 52.9 Å². The van der Waals surface area contributed by atoms with Crippen LogP contribution < -0.4 is 5.32 Å². The molecule has 1 N–H and O–H groups in total. The maximum atomic E-state index is 3.43. The van der Waals surface area contributed by atoms with Gasteiger partial charge in [0.15, 0.2) is 0 Å². The summed E-state index contributed by atoms with van der Waals surface area (Å²) in [5.74, 6) is 0.746. The summed E-state index contributed by atoms with van der Waals surface area (Å²) in [6, 6.07) is 0.686. The molecule has 0 aliphatic heterocycles. The molecule has 1 saturated carbocycles. The molecule has 0 heterocycles. The van der Waals surface area contributed by atoms with E-state index in [0.717, 1.165) is 5.92 Å². The second-order valence-electron chi connectivity index (χ2n) is 6.49. The summed E-state index contributed by atoms with van der Waals surface area (Å²) in [6.07, 6.45) is 7.10. The Morgan fingerprint density at radius 1 is 1.12 bits per heavy atom. The van der Waals surface area contributed by atoms with Crippen LogP contribution >= 0.6 is 0 Å². The molecule has 1 unspecified atom stereocenters. The van der Waals surface area contributed by atoms with Crippen LogP contribution in [-0.2, 0) is 0 Å². The second-order valence-corrected chi connectivity index (χ2v) is 6.49. The zero-order chi connectivity index (χ0) is 12.9. The van der Waals surface area contributed by atoms with Gasteiger partial charge in [-0.05, 0) is 45.2 Å². The minimum Gasteiger partial charge on any atom is -0.319 e. The van der Waals surface area contributed by atoms with Crippen molar-refractivity contribution in [3.8, 4) is 0 Å². The Hall–Kier alpha value is -0.0800. The van der Waals surface area contributed by atoms with Gasteiger partial charge in [0.2, 0.25) is 0 Å². The van der Waals surface area contributed by atoms with Crippen LogP contribution in [0.15, 0.2) is 0 Å². The van der Waals surface area contributed by atoms with Crippen molar-refractivity contribution < 1.29 is 0 Å². The largest absolute Gasteiger partial charge is 0.319 e. The third-order valence-electron chi connectivity index (χ3n) is 4.71. The fraction of sp³-hybridized carbons (Fsp3) is 1.00. The molecule has 0 bridgehead atoms. The molecule has 102 valence electrons. The Labute approximate surface area is 108 Å². The Morgan fingerprint density at radius 2 is 1.71 bits per heavy atom. The highest BCUT2D eigenvalue weighted by molar-refractivity contribution is 4.88. The minimum absolute atomic E-state index is 0.533. The topological polar surface area (TPSA) is 15.3 Å². The molecule has 0 aromatic rings. The van der Waals surface area contributed by atoms with Gasteiger partial charge in [-0.1, -0.05) is 33.1 Å². The Kier molecular flexibility index (Phi) is 5.94. The van der Waals surface area contributed by atoms with Crippen LogP contribution in [0.5, 0.6) is 0 Å². The van der Waals surface area contributed by atoms with Gasteiger partial charge < -0.3 is 10.2 Å². The molecular formula is C15H32N2. The lowest BCUT2D eigenvalue weighted by atomic mass is 9.73. The van der Waals surface area contributed by atoms with Crippen molar-refractivity contribution in [2.75, 3.05) is 27.2 Å². The van der Waals surface area contributed by atoms with Gasteiger partial charge in [-0.25, -0.2) is 0 Å². The maximum absolute atomic E-state index is 3.43. The van der Waals surface area contributed by atoms with E-state index < -0.39 is 0 Å². The van der Waals surface area contributed by atoms with Gasteiger partial charge in [0.05, 0.1) is 0 Å². The van der Waals surface area contributed by atoms with E-state index in [1.54, 1.807) is 0 Å². The predicted octanol–water partition coefficient (Wildman–Crippen LogP) is 3.13. The van der Waals surface area contributed by atoms with Crippen molar-refractivity contribution in [1.29, 1.82) is 0 Å². The van der Waals surface area contributed by atoms with E-state index in [0.29, 0.717) is 11.5 Å². The molecule has 17 heavy (non-hydrogen) atoms. The Bertz CT molecular complexity index is 201. The first kappa shape index (κ1) is 15.0. The van der Waals surface area contributed by atoms with E-state index in [2.05, 4.69) is 45.1 Å². The first-order valence-corrected chi connectivity index (χ1v) is 7.35. The standard InChI is InChI=1S/C15H32N2/c1-13(2)14(3)17(5)12-15(11-16-4)9-7-6-8-10-15/h13-14,16H,6-12H2,1-5H3. The van der Waals surface area contributed by atoms with Crippen LogP contribution in [0.4, 0.5) is 0 Å². The van der Waals surface area contributed by atoms with Gasteiger partial charge in [-0.2, -0.15) is 0 Å². The molecule has 1 rings (SSSR count). The zero-order valence-corrected chi connectivity index (χ0v) is 12.6. The van der Waals surface area contributed by atoms with Crippen molar-refractivity contribution in [1.82, 2.24) is 10.2 Å². The molecule has 2 nitrogen and oxygen atoms in total. The van der Waals surface area contributed by atoms with Gasteiger partial charge in [-0.15, -0.1) is 0 Å². The van der Waals surface area contributed by atoms with Crippen LogP contribution in [0.3, 0.4) is 0 Å². The smallest absolute Gasteiger partial charge is 0.00871 e. The van der Waals surface area contributed by atoms with Crippen LogP contribution in [-0.4, -0.2) is 38.1 Å². The fourth-order valence-electron chi connectivity index (χ4n) is 3.25. The lowest BCUT2D eigenvalue weighted by molar-refractivity contribution is 0.0854. The van der Waals surface area contributed by atoms with Gasteiger partial charge >= 0.3 is 0 Å². The predicted molar refractivity (Wildman–Crippen MR) is 76.4 cm³/mol. The summed E-state index contributed by atoms with van der Waals surface area (Å²) in [7, 11) is 4.40. The lowest BCUT2D eigenvalue weighted by Gasteiger charge is -2.42. The highest BCUT2D eigenvalue weighted by atomic mass is 15.1. The van der Waals surface area contributed by atoms with Gasteiger partial charge in [-0.3, -0.25) is 0 Å². The Morgan fingerprint density at radius 3 is 2.18 bits per heavy atom. The Balaban J connectivity index is 2.59. The van der Waals surface area contributed by atoms with Crippen molar-refractivity contribution in [3.05, 3.63) is 0 Å². The fourth-order valence-corrected chi connectivity index (χ4v) is 3.25. The molecule has 1 aliphatic rings. The quantitative estimate of drug-likeness (QED) is 0.767. The number of hydrogen-bond donors (Lipinski definition) is 1. The third kappa shape index (κ3) is 4.26. The molecule has 1 atom stereocenters. The minimum atomic E-state index is 0.533. The first-order valence-electron chi connectivity index (χ1n) is 7.35. The molecule has 0 saturated heterocycles. The molecule has 0 spiro atoms. The maximum Gasteiger partial charge on any atom is 0.00871 e. The van der Waals surface area contributed by atoms with Gasteiger partial charge in [0, 0.05) is 19.1 Å². The van der Waals surface area contributed by atoms with Crippen molar-refractivity contribution >= 4 is 0 Å². The molecular weight excluding hydrogens is 208 g/mol. The molecule has 0 radical (unpaired) electrons. The van der Waals surface area contributed by atoms with E-state index in [1.807, 2.05) is 0 Å². The summed E-state index contributed by atoms with van der Waals surface area (Å²) < 4.78 is 0. The highest BCUT2D eigenvalue weighted by Gasteiger charge is 2.33. The second kappa shape index (κ2) is 6.75. The van der Waals surface area contributed by atoms with Crippen molar-refractivity contribution in [2.24, 2.45) is 11.3 Å². The normalized spacial score (nSPS) is 22.1. The summed E-state index contributed by atoms with van der Waals surface area (Å²) in [5, 5.41) is 3.43. The first-order chi connectivity index (χ1) is 8.01. The number of nitrogens with zero attached hydrogens (tertiary/aromatic N) is 1. The lowest BCUT2D eigenvalue weighted by Crippen LogP contribution is -2.47. The average molecular weight is 240 g/mol. The van der Waals surface area contributed by atoms with Crippen LogP contribution in [0, 0.1) is 11.3 Å². The molecule has 0 amide bonds. The van der Waals surface area contributed by atoms with E-state index >= 15 is 0 Å². The molecule has 0 aromatic heterocycles. The van der Waals surface area contributed by atoms with Crippen LogP contribution in [0.2, 0.25) is 0 Å². The van der Waals surface area contributed by atoms with E-state index in [-0.39, 0.29) is 0 Å². The van der Waals surface area contributed by atoms with E-state index in [4.69, 9.17) is 0 Å². The molecule has 1 aliphatic carbocycles. The summed E-state index contributed by atoms with van der Waals surface area (Å²) in [5.41, 5.74) is 0.533. The SMILES string of the molecule is CNCC1(CN(C)C(C)C(C)C)CCCCC1. The number of nitrogens with one attached hydrogen (secondary N) is 1. The third-order valence-corrected chi connectivity index (χ3v) is 4.71. The summed E-state index contributed by atoms with van der Waals surface area (Å²) >= 11 is 0. The molecule has 0 aromatic carbocycles. The summed E-state index contributed by atoms with van der Waals surface area (Å²) in [6.45, 7) is 9.45. The molecule has 1 fully saturated rings. The van der Waals surface area contributed by atoms with Crippen molar-refractivity contribution in [3.63, 3.8) is 0 Å². The zero-order valence-electron chi connectivity index (χ0n) is 12.6. The monoisotopic (exact) mass is 240 g/mol. The van der Waals surface area contributed by atoms with E-state index in [9.17, 15) is 0 Å². The number of rotatable bonds is 6. The van der Waals surface area contributed by atoms with Crippen molar-refractivity contribution in [2.45, 2.75) is 58.9 Å². The van der Waals surface area contributed by atoms with Gasteiger partial charge in [0.1, 0.15) is 0 Å². The van der Waals surface area contributed by atoms with E-state index in [1.165, 1.54) is 45.2 Å². The average Bonchev–Trinajstić information content (AvgIpc) is 2.29. The highest BCUT2D eigenvalue weighted by Crippen LogP contribution is 2.36. The molecule has 2 heteroatoms.